The SMILES string of the molecule is CCNC(=NCc1ccc(S(C)(=O)=O)c(C)c1)NCc1nnc2n1CCCC2.I. The Morgan fingerprint density at radius 1 is 1.24 bits per heavy atom. The molecule has 1 aromatic heterocycles. The molecule has 0 amide bonds. The molecule has 2 heterocycles. The van der Waals surface area contributed by atoms with Crippen molar-refractivity contribution in [3.63, 3.8) is 0 Å². The molecule has 0 saturated carbocycles. The van der Waals surface area contributed by atoms with E-state index in [4.69, 9.17) is 0 Å². The normalized spacial score (nSPS) is 14.1. The van der Waals surface area contributed by atoms with Crippen molar-refractivity contribution in [1.29, 1.82) is 0 Å². The van der Waals surface area contributed by atoms with Gasteiger partial charge in [0.25, 0.3) is 0 Å². The number of nitrogens with zero attached hydrogens (tertiary/aromatic N) is 4. The Morgan fingerprint density at radius 3 is 2.72 bits per heavy atom. The number of hydrogen-bond donors (Lipinski definition) is 2. The second kappa shape index (κ2) is 10.4. The number of sulfone groups is 1. The molecule has 0 saturated heterocycles. The highest BCUT2D eigenvalue weighted by atomic mass is 127. The van der Waals surface area contributed by atoms with Crippen LogP contribution >= 0.6 is 24.0 Å². The topological polar surface area (TPSA) is 101 Å². The van der Waals surface area contributed by atoms with E-state index in [1.54, 1.807) is 6.07 Å². The number of aliphatic imine (C=N–C) groups is 1. The molecule has 1 aliphatic rings. The summed E-state index contributed by atoms with van der Waals surface area (Å²) >= 11 is 0. The predicted octanol–water partition coefficient (Wildman–Crippen LogP) is 2.20. The summed E-state index contributed by atoms with van der Waals surface area (Å²) in [6, 6.07) is 5.34. The van der Waals surface area contributed by atoms with Crippen molar-refractivity contribution >= 4 is 39.8 Å². The van der Waals surface area contributed by atoms with Crippen LogP contribution in [0.25, 0.3) is 0 Å². The fourth-order valence-electron chi connectivity index (χ4n) is 3.40. The van der Waals surface area contributed by atoms with Crippen LogP contribution in [0.3, 0.4) is 0 Å². The first-order valence-electron chi connectivity index (χ1n) is 9.61. The third-order valence-electron chi connectivity index (χ3n) is 4.75. The van der Waals surface area contributed by atoms with Crippen LogP contribution in [-0.2, 0) is 35.9 Å². The third kappa shape index (κ3) is 6.14. The van der Waals surface area contributed by atoms with Crippen molar-refractivity contribution in [2.24, 2.45) is 4.99 Å². The van der Waals surface area contributed by atoms with Crippen molar-refractivity contribution in [2.75, 3.05) is 12.8 Å². The van der Waals surface area contributed by atoms with E-state index in [1.807, 2.05) is 26.0 Å². The van der Waals surface area contributed by atoms with Crippen molar-refractivity contribution < 1.29 is 8.42 Å². The fraction of sp³-hybridized carbons (Fsp3) is 0.526. The predicted molar refractivity (Wildman–Crippen MR) is 124 cm³/mol. The standard InChI is InChI=1S/C19H28N6O2S.HI/c1-4-20-19(22-13-18-24-23-17-7-5-6-10-25(17)18)21-12-15-8-9-16(14(2)11-15)28(3,26)27;/h8-9,11H,4-7,10,12-13H2,1-3H3,(H2,20,21,22);1H. The molecule has 3 rings (SSSR count). The van der Waals surface area contributed by atoms with Crippen LogP contribution in [0.5, 0.6) is 0 Å². The third-order valence-corrected chi connectivity index (χ3v) is 6.01. The first kappa shape index (κ1) is 23.6. The van der Waals surface area contributed by atoms with Gasteiger partial charge in [0.1, 0.15) is 5.82 Å². The van der Waals surface area contributed by atoms with E-state index in [2.05, 4.69) is 30.4 Å². The molecule has 0 aliphatic carbocycles. The minimum atomic E-state index is -3.21. The molecule has 2 aromatic rings. The average Bonchev–Trinajstić information content (AvgIpc) is 3.06. The summed E-state index contributed by atoms with van der Waals surface area (Å²) in [6.45, 7) is 6.56. The number of halogens is 1. The van der Waals surface area contributed by atoms with Crippen molar-refractivity contribution in [2.45, 2.75) is 57.6 Å². The van der Waals surface area contributed by atoms with Crippen molar-refractivity contribution in [1.82, 2.24) is 25.4 Å². The Kier molecular flexibility index (Phi) is 8.44. The number of fused-ring (bicyclic) bond motifs is 1. The highest BCUT2D eigenvalue weighted by molar-refractivity contribution is 14.0. The summed E-state index contributed by atoms with van der Waals surface area (Å²) in [7, 11) is -3.21. The zero-order chi connectivity index (χ0) is 20.1. The quantitative estimate of drug-likeness (QED) is 0.336. The Bertz CT molecular complexity index is 971. The number of benzene rings is 1. The van der Waals surface area contributed by atoms with Crippen LogP contribution < -0.4 is 10.6 Å². The second-order valence-corrected chi connectivity index (χ2v) is 9.05. The van der Waals surface area contributed by atoms with Crippen molar-refractivity contribution in [3.05, 3.63) is 41.0 Å². The molecule has 8 nitrogen and oxygen atoms in total. The van der Waals surface area contributed by atoms with Gasteiger partial charge in [0.15, 0.2) is 21.6 Å². The maximum atomic E-state index is 11.8. The van der Waals surface area contributed by atoms with Crippen LogP contribution in [0, 0.1) is 6.92 Å². The summed E-state index contributed by atoms with van der Waals surface area (Å²) < 4.78 is 25.7. The lowest BCUT2D eigenvalue weighted by molar-refractivity contribution is 0.504. The molecule has 0 fully saturated rings. The largest absolute Gasteiger partial charge is 0.357 e. The average molecular weight is 532 g/mol. The van der Waals surface area contributed by atoms with E-state index in [1.165, 1.54) is 12.7 Å². The van der Waals surface area contributed by atoms with Gasteiger partial charge in [-0.25, -0.2) is 13.4 Å². The fourth-order valence-corrected chi connectivity index (χ4v) is 4.36. The molecule has 0 radical (unpaired) electrons. The van der Waals surface area contributed by atoms with Gasteiger partial charge in [-0.15, -0.1) is 34.2 Å². The summed E-state index contributed by atoms with van der Waals surface area (Å²) in [4.78, 5) is 4.98. The van der Waals surface area contributed by atoms with Crippen molar-refractivity contribution in [3.8, 4) is 0 Å². The molecule has 29 heavy (non-hydrogen) atoms. The number of aromatic nitrogens is 3. The van der Waals surface area contributed by atoms with Gasteiger partial charge in [0.2, 0.25) is 0 Å². The summed E-state index contributed by atoms with van der Waals surface area (Å²) in [6.07, 6.45) is 4.55. The van der Waals surface area contributed by atoms with Gasteiger partial charge in [-0.2, -0.15) is 0 Å². The van der Waals surface area contributed by atoms with E-state index < -0.39 is 9.84 Å². The van der Waals surface area contributed by atoms with E-state index in [0.29, 0.717) is 23.9 Å². The van der Waals surface area contributed by atoms with Gasteiger partial charge < -0.3 is 15.2 Å². The Balaban J connectivity index is 0.00000300. The first-order chi connectivity index (χ1) is 13.4. The minimum Gasteiger partial charge on any atom is -0.357 e. The lowest BCUT2D eigenvalue weighted by Gasteiger charge is -2.16. The van der Waals surface area contributed by atoms with Gasteiger partial charge in [-0.05, 0) is 43.9 Å². The molecule has 0 atom stereocenters. The zero-order valence-electron chi connectivity index (χ0n) is 17.1. The Labute approximate surface area is 189 Å². The van der Waals surface area contributed by atoms with Gasteiger partial charge in [-0.3, -0.25) is 0 Å². The lowest BCUT2D eigenvalue weighted by atomic mass is 10.1. The van der Waals surface area contributed by atoms with Crippen LogP contribution in [-0.4, -0.2) is 41.9 Å². The highest BCUT2D eigenvalue weighted by Gasteiger charge is 2.15. The first-order valence-corrected chi connectivity index (χ1v) is 11.5. The van der Waals surface area contributed by atoms with Gasteiger partial charge >= 0.3 is 0 Å². The van der Waals surface area contributed by atoms with Gasteiger partial charge in [0.05, 0.1) is 18.0 Å². The summed E-state index contributed by atoms with van der Waals surface area (Å²) in [5, 5.41) is 15.1. The molecular weight excluding hydrogens is 503 g/mol. The molecular formula is C19H29IN6O2S. The van der Waals surface area contributed by atoms with Crippen LogP contribution in [0.2, 0.25) is 0 Å². The zero-order valence-corrected chi connectivity index (χ0v) is 20.3. The summed E-state index contributed by atoms with van der Waals surface area (Å²) in [5.41, 5.74) is 1.70. The lowest BCUT2D eigenvalue weighted by Crippen LogP contribution is -2.37. The maximum Gasteiger partial charge on any atom is 0.191 e. The number of nitrogens with one attached hydrogen (secondary N) is 2. The van der Waals surface area contributed by atoms with E-state index in [9.17, 15) is 8.42 Å². The maximum absolute atomic E-state index is 11.8. The molecule has 10 heteroatoms. The van der Waals surface area contributed by atoms with Crippen LogP contribution in [0.15, 0.2) is 28.1 Å². The highest BCUT2D eigenvalue weighted by Crippen LogP contribution is 2.17. The molecule has 0 spiro atoms. The molecule has 160 valence electrons. The number of rotatable bonds is 6. The molecule has 1 aromatic carbocycles. The van der Waals surface area contributed by atoms with Gasteiger partial charge in [-0.1, -0.05) is 12.1 Å². The smallest absolute Gasteiger partial charge is 0.191 e. The van der Waals surface area contributed by atoms with E-state index >= 15 is 0 Å². The molecule has 0 unspecified atom stereocenters. The molecule has 0 bridgehead atoms. The minimum absolute atomic E-state index is 0. The van der Waals surface area contributed by atoms with Gasteiger partial charge in [0, 0.05) is 25.8 Å². The van der Waals surface area contributed by atoms with Crippen LogP contribution in [0.1, 0.15) is 42.5 Å². The Hall–Kier alpha value is -1.69. The van der Waals surface area contributed by atoms with Crippen LogP contribution in [0.4, 0.5) is 0 Å². The molecule has 2 N–H and O–H groups in total. The van der Waals surface area contributed by atoms with E-state index in [-0.39, 0.29) is 24.0 Å². The summed E-state index contributed by atoms with van der Waals surface area (Å²) in [5.74, 6) is 2.68. The Morgan fingerprint density at radius 2 is 2.03 bits per heavy atom. The second-order valence-electron chi connectivity index (χ2n) is 7.06. The number of guanidine groups is 1. The number of hydrogen-bond acceptors (Lipinski definition) is 5. The van der Waals surface area contributed by atoms with E-state index in [0.717, 1.165) is 48.7 Å². The molecule has 1 aliphatic heterocycles. The monoisotopic (exact) mass is 532 g/mol. The number of aryl methyl sites for hydroxylation is 2.